The van der Waals surface area contributed by atoms with E-state index in [0.29, 0.717) is 0 Å². The monoisotopic (exact) mass is 1750 g/mol. The fourth-order valence-corrected chi connectivity index (χ4v) is 24.7. The van der Waals surface area contributed by atoms with Gasteiger partial charge in [0, 0.05) is 43.1 Å². The van der Waals surface area contributed by atoms with Crippen molar-refractivity contribution in [3.8, 4) is 11.4 Å². The lowest BCUT2D eigenvalue weighted by Gasteiger charge is -2.30. The van der Waals surface area contributed by atoms with Crippen molar-refractivity contribution >= 4 is 95.6 Å². The van der Waals surface area contributed by atoms with Crippen molar-refractivity contribution in [3.05, 3.63) is 246 Å². The van der Waals surface area contributed by atoms with Gasteiger partial charge in [-0.1, -0.05) is 9.69 Å². The quantitative estimate of drug-likeness (QED) is 0.135. The summed E-state index contributed by atoms with van der Waals surface area (Å²) in [5.41, 5.74) is 67.4. The van der Waals surface area contributed by atoms with Gasteiger partial charge >= 0.3 is 8.40 Å². The Bertz CT molecular complexity index is 7080. The molecule has 18 heteroatoms. The smallest absolute Gasteiger partial charge is 0.270 e. The van der Waals surface area contributed by atoms with Crippen LogP contribution in [0.25, 0.3) is 98.6 Å². The second-order valence-electron chi connectivity index (χ2n) is 40.0. The third kappa shape index (κ3) is 13.6. The van der Waals surface area contributed by atoms with E-state index < -0.39 is 14.1 Å². The highest BCUT2D eigenvalue weighted by Gasteiger charge is 2.39. The van der Waals surface area contributed by atoms with Crippen LogP contribution in [-0.4, -0.2) is 86.3 Å². The summed E-state index contributed by atoms with van der Waals surface area (Å²) in [5.74, 6) is 0. The molecule has 0 unspecified atom stereocenters. The van der Waals surface area contributed by atoms with Crippen LogP contribution in [0.2, 0.25) is 13.1 Å². The van der Waals surface area contributed by atoms with Gasteiger partial charge in [-0.25, -0.2) is 23.7 Å². The Balaban J connectivity index is 0.000000140. The summed E-state index contributed by atoms with van der Waals surface area (Å²) in [4.78, 5) is 9.62. The number of hydrogen-bond acceptors (Lipinski definition) is 9. The fraction of sp³-hybridized carbons (Fsp3) is 0.441. The van der Waals surface area contributed by atoms with Crippen LogP contribution in [0.1, 0.15) is 260 Å². The van der Waals surface area contributed by atoms with E-state index in [4.69, 9.17) is 45.7 Å². The van der Waals surface area contributed by atoms with Gasteiger partial charge in [0.15, 0.2) is 0 Å². The largest absolute Gasteiger partial charge is 0.305 e. The Kier molecular flexibility index (Phi) is 23.6. The third-order valence-electron chi connectivity index (χ3n) is 33.0. The van der Waals surface area contributed by atoms with E-state index in [1.165, 1.54) is 288 Å². The molecule has 17 aromatic rings. The van der Waals surface area contributed by atoms with Crippen LogP contribution in [0.3, 0.4) is 0 Å². The molecule has 8 heterocycles. The molecular weight excluding hydrogens is 1600 g/mol. The van der Waals surface area contributed by atoms with Crippen molar-refractivity contribution in [2.24, 2.45) is 0 Å². The predicted molar refractivity (Wildman–Crippen MR) is 548 cm³/mol. The van der Waals surface area contributed by atoms with Gasteiger partial charge in [0.1, 0.15) is 16.7 Å². The minimum Gasteiger partial charge on any atom is -0.270 e. The number of nitrogens with zero attached hydrogens (tertiary/aromatic N) is 16. The molecule has 0 aliphatic heterocycles. The van der Waals surface area contributed by atoms with Crippen LogP contribution < -0.4 is 4.94 Å². The third-order valence-corrected chi connectivity index (χ3v) is 35.7. The van der Waals surface area contributed by atoms with E-state index in [0.717, 1.165) is 56.6 Å². The van der Waals surface area contributed by atoms with Crippen LogP contribution in [0.4, 0.5) is 0 Å². The van der Waals surface area contributed by atoms with Gasteiger partial charge in [-0.3, -0.25) is 8.69 Å². The van der Waals surface area contributed by atoms with Crippen LogP contribution in [-0.2, 0) is 5.66 Å². The van der Waals surface area contributed by atoms with Gasteiger partial charge in [-0.15, -0.1) is 10.2 Å². The maximum Gasteiger partial charge on any atom is 0.305 e. The summed E-state index contributed by atoms with van der Waals surface area (Å²) in [5, 5.41) is 50.4. The van der Waals surface area contributed by atoms with Gasteiger partial charge < -0.3 is 0 Å². The van der Waals surface area contributed by atoms with E-state index >= 15 is 0 Å². The van der Waals surface area contributed by atoms with Crippen LogP contribution >= 0.6 is 0 Å². The molecule has 129 heavy (non-hydrogen) atoms. The van der Waals surface area contributed by atoms with E-state index in [1.807, 2.05) is 13.8 Å². The van der Waals surface area contributed by atoms with Crippen LogP contribution in [0.5, 0.6) is 0 Å². The Labute approximate surface area is 768 Å². The molecule has 8 aromatic heterocycles. The first-order valence-corrected chi connectivity index (χ1v) is 49.3. The molecule has 0 amide bonds. The summed E-state index contributed by atoms with van der Waals surface area (Å²) < 4.78 is 13.6. The molecule has 0 saturated heterocycles. The molecule has 0 spiro atoms. The lowest BCUT2D eigenvalue weighted by molar-refractivity contribution is 0.00497. The first-order chi connectivity index (χ1) is 59.9. The molecule has 0 bridgehead atoms. The summed E-state index contributed by atoms with van der Waals surface area (Å²) >= 11 is 0. The number of benzene rings is 9. The van der Waals surface area contributed by atoms with Gasteiger partial charge in [0.05, 0.1) is 90.0 Å². The van der Waals surface area contributed by atoms with E-state index in [2.05, 4.69) is 345 Å². The molecule has 0 aliphatic rings. The lowest BCUT2D eigenvalue weighted by atomic mass is 9.92. The summed E-state index contributed by atoms with van der Waals surface area (Å²) in [7, 11) is -2.32. The standard InChI is InChI=1S/C34H42N4.C27H36N4.C26H36N4Si.C24H30N4O/c1-15-17(3)21(7)33-29(19(15)5)27(13)35-37(33)31-23(9)25(11)32(26(12)24(31)10)38-34-22(8)18(4)16(2)20(6)30(34)28(14)36-38;1-13-15(3)19(7)25-23(17(13)5)21(9)28-30(25)27(11,12)31-26-20(8)16(4)14(2)18(6)24(26)22(10)29-31;1-13-15(3)19(7)25-23(17(13)5)21(9)27-29(25)31(11,12)30-26-20(8)16(4)14(2)18(6)24(26)22(10)28-30;1-11-13(3)17(7)23-21(15(11)5)19(9)25-27(23)29-28-24-18(8)14(4)12(2)16(6)22(24)20(10)26-28/h1-14H3;2*1-12H3;1-10H3. The maximum absolute atomic E-state index is 6.32. The Hall–Kier alpha value is -11.2. The first kappa shape index (κ1) is 93.9. The Morgan fingerprint density at radius 1 is 0.178 bits per heavy atom. The molecule has 0 saturated carbocycles. The van der Waals surface area contributed by atoms with Crippen molar-refractivity contribution in [2.75, 3.05) is 0 Å². The average molecular weight is 1750 g/mol. The first-order valence-electron chi connectivity index (χ1n) is 46.4. The number of hydrogen-bond donors (Lipinski definition) is 0. The molecule has 17 rings (SSSR count). The molecule has 0 radical (unpaired) electrons. The normalized spacial score (nSPS) is 12.2. The zero-order chi connectivity index (χ0) is 95.8. The van der Waals surface area contributed by atoms with Crippen molar-refractivity contribution in [1.82, 2.24) is 77.9 Å². The highest BCUT2D eigenvalue weighted by Crippen LogP contribution is 2.45. The second-order valence-corrected chi connectivity index (χ2v) is 43.8. The van der Waals surface area contributed by atoms with E-state index in [9.17, 15) is 0 Å². The van der Waals surface area contributed by atoms with Crippen molar-refractivity contribution in [2.45, 2.75) is 337 Å². The molecule has 0 fully saturated rings. The van der Waals surface area contributed by atoms with Crippen molar-refractivity contribution in [1.29, 1.82) is 0 Å². The van der Waals surface area contributed by atoms with Gasteiger partial charge in [0.25, 0.3) is 0 Å². The van der Waals surface area contributed by atoms with Crippen molar-refractivity contribution < 1.29 is 4.94 Å². The molecule has 0 aliphatic carbocycles. The second kappa shape index (κ2) is 32.4. The van der Waals surface area contributed by atoms with Crippen LogP contribution in [0, 0.1) is 305 Å². The van der Waals surface area contributed by atoms with E-state index in [1.54, 1.807) is 9.69 Å². The number of rotatable bonds is 8. The maximum atomic E-state index is 6.32. The Morgan fingerprint density at radius 3 is 0.597 bits per heavy atom. The highest BCUT2D eigenvalue weighted by atomic mass is 28.3. The number of aromatic nitrogens is 16. The zero-order valence-corrected chi connectivity index (χ0v) is 88.6. The fourth-order valence-electron chi connectivity index (χ4n) is 22.1. The molecule has 9 aromatic carbocycles. The predicted octanol–water partition coefficient (Wildman–Crippen LogP) is 27.3. The zero-order valence-electron chi connectivity index (χ0n) is 87.6. The van der Waals surface area contributed by atoms with Crippen LogP contribution in [0.15, 0.2) is 0 Å². The van der Waals surface area contributed by atoms with E-state index in [-0.39, 0.29) is 0 Å². The van der Waals surface area contributed by atoms with Gasteiger partial charge in [0.2, 0.25) is 0 Å². The number of fused-ring (bicyclic) bond motifs is 8. The SMILES string of the molecule is Cc1c(C)c(-n2nc(C)c3c(C)c(C)c(C)c(C)c32)c(C)c(C)c1-n1nc(C)c2c(C)c(C)c(C)c(C)c21.Cc1c(C)c(C)c2c(c(C)nn2C(C)(C)n2nc(C)c3c(C)c(C)c(C)c(C)c32)c1C.Cc1c(C)c(C)c2c(c(C)nn2On2nc(C)c3c(C)c(C)c(C)c(C)c32)c1C.Cc1c(C)c(C)c2c(c(C)nn2[Si](C)(C)n2nc(C)c3c(C)c(C)c(C)c(C)c32)c1C. The molecule has 0 atom stereocenters. The Morgan fingerprint density at radius 2 is 0.349 bits per heavy atom. The van der Waals surface area contributed by atoms with Gasteiger partial charge in [-0.05, 0) is 532 Å². The molecule has 0 N–H and O–H groups in total. The summed E-state index contributed by atoms with van der Waals surface area (Å²) in [6.07, 6.45) is 0. The molecule has 17 nitrogen and oxygen atoms in total. The summed E-state index contributed by atoms with van der Waals surface area (Å²) in [6.45, 7) is 106. The van der Waals surface area contributed by atoms with Gasteiger partial charge in [-0.2, -0.15) is 30.6 Å². The molecular formula is C111H144N16OSi. The van der Waals surface area contributed by atoms with Crippen molar-refractivity contribution in [3.63, 3.8) is 0 Å². The number of aryl methyl sites for hydroxylation is 24. The minimum absolute atomic E-state index is 0.461. The summed E-state index contributed by atoms with van der Waals surface area (Å²) in [6, 6.07) is 0. The average Bonchev–Trinajstić information content (AvgIpc) is 1.58. The highest BCUT2D eigenvalue weighted by molar-refractivity contribution is 6.75. The lowest BCUT2D eigenvalue weighted by Crippen LogP contribution is -2.47. The molecule has 678 valence electrons. The topological polar surface area (TPSA) is 152 Å². The minimum atomic E-state index is -2.32.